The number of benzene rings is 2. The van der Waals surface area contributed by atoms with Crippen LogP contribution >= 0.6 is 11.6 Å². The topological polar surface area (TPSA) is 70.8 Å². The normalized spacial score (nSPS) is 16.2. The largest absolute Gasteiger partial charge is 0.450 e. The van der Waals surface area contributed by atoms with E-state index in [9.17, 15) is 14.7 Å². The maximum Gasteiger partial charge on any atom is 0.290 e. The van der Waals surface area contributed by atoms with Crippen LogP contribution in [0.25, 0.3) is 11.0 Å². The number of β-amino-alcohol motifs (C(OH)–C–C–N with tert-alkyl or cyclic N) is 1. The first kappa shape index (κ1) is 17.8. The summed E-state index contributed by atoms with van der Waals surface area (Å²) in [5.74, 6) is -0.357. The predicted octanol–water partition coefficient (Wildman–Crippen LogP) is 3.60. The van der Waals surface area contributed by atoms with Gasteiger partial charge in [0.2, 0.25) is 5.76 Å². The Morgan fingerprint density at radius 2 is 1.85 bits per heavy atom. The van der Waals surface area contributed by atoms with Gasteiger partial charge in [-0.15, -0.1) is 0 Å². The molecule has 5 nitrogen and oxygen atoms in total. The first-order chi connectivity index (χ1) is 12.9. The molecule has 2 heterocycles. The highest BCUT2D eigenvalue weighted by molar-refractivity contribution is 6.32. The fourth-order valence-corrected chi connectivity index (χ4v) is 3.74. The average Bonchev–Trinajstić information content (AvgIpc) is 2.91. The fraction of sp³-hybridized carbons (Fsp3) is 0.238. The zero-order valence-electron chi connectivity index (χ0n) is 15.0. The molecular weight excluding hydrogens is 366 g/mol. The van der Waals surface area contributed by atoms with Crippen molar-refractivity contribution in [1.82, 2.24) is 4.90 Å². The molecule has 1 atom stereocenters. The van der Waals surface area contributed by atoms with E-state index in [0.29, 0.717) is 21.6 Å². The van der Waals surface area contributed by atoms with Gasteiger partial charge in [0, 0.05) is 11.6 Å². The van der Waals surface area contributed by atoms with Crippen LogP contribution < -0.4 is 5.43 Å². The highest BCUT2D eigenvalue weighted by atomic mass is 35.5. The summed E-state index contributed by atoms with van der Waals surface area (Å²) in [4.78, 5) is 27.7. The maximum absolute atomic E-state index is 13.3. The van der Waals surface area contributed by atoms with Crippen molar-refractivity contribution in [3.8, 4) is 0 Å². The maximum atomic E-state index is 13.3. The van der Waals surface area contributed by atoms with Gasteiger partial charge in [-0.2, -0.15) is 0 Å². The third kappa shape index (κ3) is 2.74. The SMILES string of the molecule is Cc1ccc(C2c3c(oc4cc(C)c(Cl)cc4c3=O)C(=O)N2CCO)cc1. The molecule has 0 saturated heterocycles. The van der Waals surface area contributed by atoms with Crippen molar-refractivity contribution in [3.63, 3.8) is 0 Å². The van der Waals surface area contributed by atoms with Gasteiger partial charge in [-0.25, -0.2) is 0 Å². The zero-order chi connectivity index (χ0) is 19.3. The molecule has 1 unspecified atom stereocenters. The number of carbonyl (C=O) groups is 1. The van der Waals surface area contributed by atoms with E-state index >= 15 is 0 Å². The van der Waals surface area contributed by atoms with Crippen LogP contribution in [0.3, 0.4) is 0 Å². The van der Waals surface area contributed by atoms with Gasteiger partial charge < -0.3 is 14.4 Å². The van der Waals surface area contributed by atoms with E-state index in [2.05, 4.69) is 0 Å². The molecule has 0 bridgehead atoms. The number of nitrogens with zero attached hydrogens (tertiary/aromatic N) is 1. The lowest BCUT2D eigenvalue weighted by atomic mass is 9.97. The number of aliphatic hydroxyl groups is 1. The van der Waals surface area contributed by atoms with Crippen LogP contribution in [0, 0.1) is 13.8 Å². The van der Waals surface area contributed by atoms with Crippen LogP contribution in [0.5, 0.6) is 0 Å². The number of fused-ring (bicyclic) bond motifs is 2. The lowest BCUT2D eigenvalue weighted by Crippen LogP contribution is -2.32. The molecule has 1 aliphatic heterocycles. The monoisotopic (exact) mass is 383 g/mol. The Bertz CT molecular complexity index is 1120. The van der Waals surface area contributed by atoms with E-state index < -0.39 is 11.9 Å². The summed E-state index contributed by atoms with van der Waals surface area (Å²) in [5.41, 5.74) is 3.00. The van der Waals surface area contributed by atoms with Gasteiger partial charge >= 0.3 is 0 Å². The van der Waals surface area contributed by atoms with E-state index in [0.717, 1.165) is 16.7 Å². The van der Waals surface area contributed by atoms with Crippen LogP contribution in [-0.2, 0) is 0 Å². The quantitative estimate of drug-likeness (QED) is 0.750. The van der Waals surface area contributed by atoms with Crippen molar-refractivity contribution < 1.29 is 14.3 Å². The molecule has 0 fully saturated rings. The smallest absolute Gasteiger partial charge is 0.290 e. The number of hydrogen-bond acceptors (Lipinski definition) is 4. The average molecular weight is 384 g/mol. The van der Waals surface area contributed by atoms with Crippen molar-refractivity contribution in [2.24, 2.45) is 0 Å². The van der Waals surface area contributed by atoms with E-state index in [1.165, 1.54) is 4.90 Å². The number of rotatable bonds is 3. The Balaban J connectivity index is 2.02. The molecule has 138 valence electrons. The minimum absolute atomic E-state index is 0.0354. The standard InChI is InChI=1S/C21H18ClNO4/c1-11-3-5-13(6-4-11)18-17-19(25)14-10-15(22)12(2)9-16(14)27-20(17)21(26)23(18)7-8-24/h3-6,9-10,18,24H,7-8H2,1-2H3. The van der Waals surface area contributed by atoms with E-state index in [4.69, 9.17) is 16.0 Å². The Morgan fingerprint density at radius 3 is 2.52 bits per heavy atom. The second kappa shape index (κ2) is 6.51. The summed E-state index contributed by atoms with van der Waals surface area (Å²) in [5, 5.41) is 10.3. The number of amides is 1. The molecule has 27 heavy (non-hydrogen) atoms. The van der Waals surface area contributed by atoms with Gasteiger partial charge in [-0.1, -0.05) is 41.4 Å². The first-order valence-corrected chi connectivity index (χ1v) is 9.05. The Kier molecular flexibility index (Phi) is 4.29. The summed E-state index contributed by atoms with van der Waals surface area (Å²) in [6.07, 6.45) is 0. The number of halogens is 1. The Morgan fingerprint density at radius 1 is 1.15 bits per heavy atom. The molecule has 6 heteroatoms. The molecule has 3 aromatic rings. The number of aliphatic hydroxyl groups excluding tert-OH is 1. The predicted molar refractivity (Wildman–Crippen MR) is 103 cm³/mol. The third-order valence-electron chi connectivity index (χ3n) is 4.98. The van der Waals surface area contributed by atoms with Gasteiger partial charge in [-0.3, -0.25) is 9.59 Å². The van der Waals surface area contributed by atoms with Crippen LogP contribution in [0.1, 0.15) is 38.9 Å². The first-order valence-electron chi connectivity index (χ1n) is 8.67. The number of aryl methyl sites for hydroxylation is 2. The molecule has 0 radical (unpaired) electrons. The second-order valence-electron chi connectivity index (χ2n) is 6.81. The van der Waals surface area contributed by atoms with Crippen LogP contribution in [0.4, 0.5) is 0 Å². The molecule has 0 aliphatic carbocycles. The fourth-order valence-electron chi connectivity index (χ4n) is 3.57. The van der Waals surface area contributed by atoms with Gasteiger partial charge in [0.1, 0.15) is 5.58 Å². The minimum Gasteiger partial charge on any atom is -0.450 e. The third-order valence-corrected chi connectivity index (χ3v) is 5.39. The molecule has 1 amide bonds. The molecule has 1 aliphatic rings. The van der Waals surface area contributed by atoms with E-state index in [1.807, 2.05) is 38.1 Å². The molecular formula is C21H18ClNO4. The summed E-state index contributed by atoms with van der Waals surface area (Å²) in [7, 11) is 0. The van der Waals surface area contributed by atoms with Crippen molar-refractivity contribution in [1.29, 1.82) is 0 Å². The van der Waals surface area contributed by atoms with Crippen molar-refractivity contribution in [2.75, 3.05) is 13.2 Å². The minimum atomic E-state index is -0.596. The molecule has 0 spiro atoms. The summed E-state index contributed by atoms with van der Waals surface area (Å²) < 4.78 is 5.85. The lowest BCUT2D eigenvalue weighted by Gasteiger charge is -2.24. The van der Waals surface area contributed by atoms with Crippen LogP contribution in [-0.4, -0.2) is 29.1 Å². The zero-order valence-corrected chi connectivity index (χ0v) is 15.7. The van der Waals surface area contributed by atoms with Crippen LogP contribution in [0.15, 0.2) is 45.6 Å². The summed E-state index contributed by atoms with van der Waals surface area (Å²) >= 11 is 6.20. The highest BCUT2D eigenvalue weighted by Crippen LogP contribution is 2.38. The number of hydrogen-bond donors (Lipinski definition) is 1. The van der Waals surface area contributed by atoms with E-state index in [-0.39, 0.29) is 24.3 Å². The molecule has 1 aromatic heterocycles. The van der Waals surface area contributed by atoms with Gasteiger partial charge in [-0.05, 0) is 37.1 Å². The highest BCUT2D eigenvalue weighted by Gasteiger charge is 2.42. The Hall–Kier alpha value is -2.63. The Labute approximate surface area is 160 Å². The summed E-state index contributed by atoms with van der Waals surface area (Å²) in [6.45, 7) is 3.68. The summed E-state index contributed by atoms with van der Waals surface area (Å²) in [6, 6.07) is 10.3. The van der Waals surface area contributed by atoms with Gasteiger partial charge in [0.05, 0.1) is 23.6 Å². The van der Waals surface area contributed by atoms with E-state index in [1.54, 1.807) is 12.1 Å². The van der Waals surface area contributed by atoms with Gasteiger partial charge in [0.25, 0.3) is 5.91 Å². The lowest BCUT2D eigenvalue weighted by molar-refractivity contribution is 0.0691. The van der Waals surface area contributed by atoms with Gasteiger partial charge in [0.15, 0.2) is 5.43 Å². The van der Waals surface area contributed by atoms with Crippen LogP contribution in [0.2, 0.25) is 5.02 Å². The molecule has 1 N–H and O–H groups in total. The molecule has 4 rings (SSSR count). The molecule has 0 saturated carbocycles. The second-order valence-corrected chi connectivity index (χ2v) is 7.21. The van der Waals surface area contributed by atoms with Crippen molar-refractivity contribution >= 4 is 28.5 Å². The molecule has 2 aromatic carbocycles. The van der Waals surface area contributed by atoms with Crippen molar-refractivity contribution in [2.45, 2.75) is 19.9 Å². The number of carbonyl (C=O) groups excluding carboxylic acids is 1. The van der Waals surface area contributed by atoms with Crippen molar-refractivity contribution in [3.05, 3.63) is 79.7 Å².